The summed E-state index contributed by atoms with van der Waals surface area (Å²) >= 11 is 0. The maximum atomic E-state index is 12.6. The zero-order valence-corrected chi connectivity index (χ0v) is 8.80. The molecule has 0 atom stereocenters. The van der Waals surface area contributed by atoms with Crippen molar-refractivity contribution >= 4 is 5.78 Å². The summed E-state index contributed by atoms with van der Waals surface area (Å²) in [4.78, 5) is 11.2. The number of carbonyl (C=O) groups excluding carboxylic acids is 1. The van der Waals surface area contributed by atoms with Crippen LogP contribution < -0.4 is 4.74 Å². The van der Waals surface area contributed by atoms with Gasteiger partial charge in [-0.05, 0) is 31.5 Å². The minimum Gasteiger partial charge on any atom is -0.497 e. The second-order valence-corrected chi connectivity index (χ2v) is 3.25. The lowest BCUT2D eigenvalue weighted by molar-refractivity contribution is 0.101. The zero-order chi connectivity index (χ0) is 11.6. The third-order valence-electron chi connectivity index (χ3n) is 2.27. The second kappa shape index (κ2) is 4.38. The van der Waals surface area contributed by atoms with Gasteiger partial charge in [0.1, 0.15) is 5.75 Å². The Kier molecular flexibility index (Phi) is 3.39. The van der Waals surface area contributed by atoms with Gasteiger partial charge in [-0.3, -0.25) is 4.79 Å². The molecule has 0 saturated carbocycles. The highest BCUT2D eigenvalue weighted by atomic mass is 19.3. The maximum absolute atomic E-state index is 12.6. The van der Waals surface area contributed by atoms with Gasteiger partial charge in [-0.1, -0.05) is 0 Å². The molecular weight excluding hydrogens is 202 g/mol. The molecule has 0 radical (unpaired) electrons. The van der Waals surface area contributed by atoms with Crippen molar-refractivity contribution in [3.8, 4) is 5.75 Å². The van der Waals surface area contributed by atoms with Crippen LogP contribution in [0.3, 0.4) is 0 Å². The minimum absolute atomic E-state index is 0.153. The van der Waals surface area contributed by atoms with Crippen LogP contribution in [0.5, 0.6) is 5.75 Å². The molecule has 0 bridgehead atoms. The first-order valence-corrected chi connectivity index (χ1v) is 4.45. The Morgan fingerprint density at radius 3 is 2.40 bits per heavy atom. The summed E-state index contributed by atoms with van der Waals surface area (Å²) in [5.74, 6) is 0.0365. The third kappa shape index (κ3) is 2.32. The Hall–Kier alpha value is -1.45. The summed E-state index contributed by atoms with van der Waals surface area (Å²) in [6, 6.07) is 2.73. The molecule has 0 aromatic heterocycles. The first-order valence-electron chi connectivity index (χ1n) is 4.45. The molecule has 1 rings (SSSR count). The van der Waals surface area contributed by atoms with Gasteiger partial charge in [-0.2, -0.15) is 0 Å². The monoisotopic (exact) mass is 214 g/mol. The SMILES string of the molecule is COc1cc(C(C)=O)c(C)c(C(F)F)c1. The number of alkyl halides is 2. The third-order valence-corrected chi connectivity index (χ3v) is 2.27. The van der Waals surface area contributed by atoms with Crippen LogP contribution in [0.25, 0.3) is 0 Å². The van der Waals surface area contributed by atoms with Crippen LogP contribution >= 0.6 is 0 Å². The summed E-state index contributed by atoms with van der Waals surface area (Å²) in [6.45, 7) is 2.86. The number of halogens is 2. The van der Waals surface area contributed by atoms with E-state index in [9.17, 15) is 13.6 Å². The smallest absolute Gasteiger partial charge is 0.264 e. The number of ether oxygens (including phenoxy) is 1. The molecule has 0 fully saturated rings. The summed E-state index contributed by atoms with van der Waals surface area (Å²) in [5, 5.41) is 0. The molecular formula is C11H12F2O2. The van der Waals surface area contributed by atoms with Gasteiger partial charge in [0, 0.05) is 11.1 Å². The number of ketones is 1. The molecule has 0 amide bonds. The Morgan fingerprint density at radius 1 is 1.40 bits per heavy atom. The number of hydrogen-bond donors (Lipinski definition) is 0. The molecule has 2 nitrogen and oxygen atoms in total. The van der Waals surface area contributed by atoms with Crippen molar-refractivity contribution < 1.29 is 18.3 Å². The fourth-order valence-corrected chi connectivity index (χ4v) is 1.42. The fourth-order valence-electron chi connectivity index (χ4n) is 1.42. The predicted octanol–water partition coefficient (Wildman–Crippen LogP) is 3.14. The molecule has 4 heteroatoms. The van der Waals surface area contributed by atoms with Crippen molar-refractivity contribution in [3.05, 3.63) is 28.8 Å². The van der Waals surface area contributed by atoms with Crippen molar-refractivity contribution in [1.29, 1.82) is 0 Å². The van der Waals surface area contributed by atoms with Gasteiger partial charge in [-0.25, -0.2) is 8.78 Å². The Balaban J connectivity index is 3.40. The van der Waals surface area contributed by atoms with Crippen LogP contribution in [0.4, 0.5) is 8.78 Å². The van der Waals surface area contributed by atoms with E-state index in [4.69, 9.17) is 4.74 Å². The lowest BCUT2D eigenvalue weighted by Crippen LogP contribution is -2.02. The Morgan fingerprint density at radius 2 is 2.00 bits per heavy atom. The van der Waals surface area contributed by atoms with Crippen molar-refractivity contribution in [2.75, 3.05) is 7.11 Å². The van der Waals surface area contributed by atoms with E-state index in [1.54, 1.807) is 0 Å². The second-order valence-electron chi connectivity index (χ2n) is 3.25. The average molecular weight is 214 g/mol. The average Bonchev–Trinajstić information content (AvgIpc) is 2.17. The molecule has 0 aliphatic heterocycles. The number of hydrogen-bond acceptors (Lipinski definition) is 2. The highest BCUT2D eigenvalue weighted by molar-refractivity contribution is 5.96. The highest BCUT2D eigenvalue weighted by Crippen LogP contribution is 2.29. The van der Waals surface area contributed by atoms with E-state index in [1.807, 2.05) is 0 Å². The van der Waals surface area contributed by atoms with Crippen LogP contribution in [0.2, 0.25) is 0 Å². The molecule has 0 N–H and O–H groups in total. The number of carbonyl (C=O) groups is 1. The Bertz CT molecular complexity index is 386. The van der Waals surface area contributed by atoms with Gasteiger partial charge in [0.15, 0.2) is 5.78 Å². The topological polar surface area (TPSA) is 26.3 Å². The van der Waals surface area contributed by atoms with Crippen LogP contribution in [-0.2, 0) is 0 Å². The normalized spacial score (nSPS) is 10.5. The quantitative estimate of drug-likeness (QED) is 0.722. The van der Waals surface area contributed by atoms with Crippen molar-refractivity contribution in [3.63, 3.8) is 0 Å². The molecule has 0 saturated heterocycles. The van der Waals surface area contributed by atoms with Gasteiger partial charge < -0.3 is 4.74 Å². The molecule has 0 aliphatic carbocycles. The molecule has 1 aromatic carbocycles. The van der Waals surface area contributed by atoms with Gasteiger partial charge in [0.25, 0.3) is 6.43 Å². The lowest BCUT2D eigenvalue weighted by Gasteiger charge is -2.11. The summed E-state index contributed by atoms with van der Waals surface area (Å²) in [7, 11) is 1.38. The van der Waals surface area contributed by atoms with Crippen LogP contribution in [0.15, 0.2) is 12.1 Å². The van der Waals surface area contributed by atoms with E-state index in [1.165, 1.54) is 33.1 Å². The molecule has 0 aliphatic rings. The number of methoxy groups -OCH3 is 1. The maximum Gasteiger partial charge on any atom is 0.264 e. The molecule has 0 spiro atoms. The molecule has 82 valence electrons. The van der Waals surface area contributed by atoms with E-state index in [2.05, 4.69) is 0 Å². The molecule has 1 aromatic rings. The van der Waals surface area contributed by atoms with Gasteiger partial charge >= 0.3 is 0 Å². The van der Waals surface area contributed by atoms with Crippen LogP contribution in [0.1, 0.15) is 34.8 Å². The minimum atomic E-state index is -2.60. The number of rotatable bonds is 3. The highest BCUT2D eigenvalue weighted by Gasteiger charge is 2.17. The van der Waals surface area contributed by atoms with Gasteiger partial charge in [0.2, 0.25) is 0 Å². The van der Waals surface area contributed by atoms with E-state index in [0.29, 0.717) is 5.56 Å². The summed E-state index contributed by atoms with van der Waals surface area (Å²) < 4.78 is 30.1. The predicted molar refractivity (Wildman–Crippen MR) is 52.7 cm³/mol. The first kappa shape index (κ1) is 11.6. The van der Waals surface area contributed by atoms with Crippen LogP contribution in [0, 0.1) is 6.92 Å². The number of benzene rings is 1. The first-order chi connectivity index (χ1) is 6.97. The Labute approximate surface area is 86.9 Å². The van der Waals surface area contributed by atoms with E-state index in [0.717, 1.165) is 0 Å². The summed E-state index contributed by atoms with van der Waals surface area (Å²) in [6.07, 6.45) is -2.60. The molecule has 15 heavy (non-hydrogen) atoms. The summed E-state index contributed by atoms with van der Waals surface area (Å²) in [5.41, 5.74) is 0.447. The van der Waals surface area contributed by atoms with Crippen molar-refractivity contribution in [1.82, 2.24) is 0 Å². The van der Waals surface area contributed by atoms with Crippen molar-refractivity contribution in [2.45, 2.75) is 20.3 Å². The molecule has 0 unspecified atom stereocenters. The van der Waals surface area contributed by atoms with E-state index < -0.39 is 6.43 Å². The van der Waals surface area contributed by atoms with Gasteiger partial charge in [0.05, 0.1) is 7.11 Å². The largest absolute Gasteiger partial charge is 0.497 e. The van der Waals surface area contributed by atoms with Crippen molar-refractivity contribution in [2.24, 2.45) is 0 Å². The van der Waals surface area contributed by atoms with Gasteiger partial charge in [-0.15, -0.1) is 0 Å². The molecule has 0 heterocycles. The fraction of sp³-hybridized carbons (Fsp3) is 0.364. The lowest BCUT2D eigenvalue weighted by atomic mass is 9.99. The van der Waals surface area contributed by atoms with Crippen LogP contribution in [-0.4, -0.2) is 12.9 Å². The van der Waals surface area contributed by atoms with E-state index in [-0.39, 0.29) is 22.7 Å². The standard InChI is InChI=1S/C11H12F2O2/c1-6-9(7(2)14)4-8(15-3)5-10(6)11(12)13/h4-5,11H,1-3H3. The number of Topliss-reactive ketones (excluding diaryl/α,β-unsaturated/α-hetero) is 1. The zero-order valence-electron chi connectivity index (χ0n) is 8.80. The van der Waals surface area contributed by atoms with E-state index >= 15 is 0 Å².